The molecule has 0 fully saturated rings. The van der Waals surface area contributed by atoms with Gasteiger partial charge in [0.05, 0.1) is 11.4 Å². The second-order valence-electron chi connectivity index (χ2n) is 6.10. The van der Waals surface area contributed by atoms with Gasteiger partial charge in [-0.1, -0.05) is 0 Å². The van der Waals surface area contributed by atoms with Gasteiger partial charge in [-0.3, -0.25) is 0 Å². The highest BCUT2D eigenvalue weighted by Gasteiger charge is 2.36. The number of ether oxygens (including phenoxy) is 2. The van der Waals surface area contributed by atoms with Crippen LogP contribution in [0.1, 0.15) is 5.56 Å². The molecule has 0 spiro atoms. The highest BCUT2D eigenvalue weighted by Crippen LogP contribution is 2.43. The van der Waals surface area contributed by atoms with E-state index in [1.807, 2.05) is 0 Å². The van der Waals surface area contributed by atoms with Crippen LogP contribution in [-0.2, 0) is 6.18 Å². The maximum atomic E-state index is 14.2. The Morgan fingerprint density at radius 2 is 1.03 bits per heavy atom. The van der Waals surface area contributed by atoms with Crippen LogP contribution in [0.15, 0.2) is 36.4 Å². The standard InChI is InChI=1S/C19H10F8N2O2/c20-10-5-9(19(25,26)27)15(30-7-1-11(21)17(23)13(28)3-7)6-16(10)31-8-2-12(22)18(24)14(29)4-8/h1-6H,28-29H2. The predicted molar refractivity (Wildman–Crippen MR) is 93.1 cm³/mol. The number of rotatable bonds is 4. The molecule has 0 saturated heterocycles. The van der Waals surface area contributed by atoms with Crippen LogP contribution in [0.25, 0.3) is 0 Å². The number of alkyl halides is 3. The Kier molecular flexibility index (Phi) is 5.57. The Hall–Kier alpha value is -3.70. The molecule has 0 aliphatic carbocycles. The zero-order valence-corrected chi connectivity index (χ0v) is 15.0. The third-order valence-electron chi connectivity index (χ3n) is 3.85. The molecule has 0 aliphatic rings. The van der Waals surface area contributed by atoms with Crippen LogP contribution in [0.3, 0.4) is 0 Å². The van der Waals surface area contributed by atoms with Crippen molar-refractivity contribution in [1.82, 2.24) is 0 Å². The first kappa shape index (κ1) is 22.0. The summed E-state index contributed by atoms with van der Waals surface area (Å²) in [5, 5.41) is 0. The van der Waals surface area contributed by atoms with Crippen molar-refractivity contribution in [3.63, 3.8) is 0 Å². The number of hydrogen-bond acceptors (Lipinski definition) is 4. The molecule has 3 aromatic rings. The summed E-state index contributed by atoms with van der Waals surface area (Å²) in [4.78, 5) is 0. The molecule has 0 heterocycles. The van der Waals surface area contributed by atoms with Crippen LogP contribution in [0.2, 0.25) is 0 Å². The molecule has 0 saturated carbocycles. The van der Waals surface area contributed by atoms with Crippen LogP contribution in [0.5, 0.6) is 23.0 Å². The second-order valence-corrected chi connectivity index (χ2v) is 6.10. The van der Waals surface area contributed by atoms with Crippen molar-refractivity contribution in [2.45, 2.75) is 6.18 Å². The van der Waals surface area contributed by atoms with Gasteiger partial charge in [-0.25, -0.2) is 22.0 Å². The second kappa shape index (κ2) is 7.85. The number of benzene rings is 3. The van der Waals surface area contributed by atoms with Crippen LogP contribution in [0.4, 0.5) is 46.5 Å². The summed E-state index contributed by atoms with van der Waals surface area (Å²) < 4.78 is 118. The van der Waals surface area contributed by atoms with Gasteiger partial charge in [0.1, 0.15) is 22.8 Å². The van der Waals surface area contributed by atoms with Crippen LogP contribution < -0.4 is 20.9 Å². The highest BCUT2D eigenvalue weighted by molar-refractivity contribution is 5.52. The van der Waals surface area contributed by atoms with Gasteiger partial charge in [-0.05, 0) is 6.07 Å². The molecule has 0 bridgehead atoms. The summed E-state index contributed by atoms with van der Waals surface area (Å²) >= 11 is 0. The van der Waals surface area contributed by atoms with Crippen LogP contribution in [0, 0.1) is 29.1 Å². The molecule has 0 aromatic heterocycles. The fourth-order valence-electron chi connectivity index (χ4n) is 2.46. The fraction of sp³-hybridized carbons (Fsp3) is 0.0526. The van der Waals surface area contributed by atoms with Crippen molar-refractivity contribution >= 4 is 11.4 Å². The van der Waals surface area contributed by atoms with Crippen LogP contribution in [-0.4, -0.2) is 0 Å². The van der Waals surface area contributed by atoms with Crippen molar-refractivity contribution in [2.24, 2.45) is 0 Å². The molecular formula is C19H10F8N2O2. The number of nitrogens with two attached hydrogens (primary N) is 2. The highest BCUT2D eigenvalue weighted by atomic mass is 19.4. The van der Waals surface area contributed by atoms with E-state index in [2.05, 4.69) is 0 Å². The first-order valence-electron chi connectivity index (χ1n) is 8.12. The summed E-state index contributed by atoms with van der Waals surface area (Å²) in [6, 6.07) is 2.83. The Labute approximate surface area is 168 Å². The number of hydrogen-bond donors (Lipinski definition) is 2. The first-order chi connectivity index (χ1) is 14.4. The minimum Gasteiger partial charge on any atom is -0.456 e. The van der Waals surface area contributed by atoms with E-state index < -0.39 is 75.2 Å². The Balaban J connectivity index is 2.07. The Morgan fingerprint density at radius 1 is 0.581 bits per heavy atom. The quantitative estimate of drug-likeness (QED) is 0.370. The topological polar surface area (TPSA) is 70.5 Å². The summed E-state index contributed by atoms with van der Waals surface area (Å²) in [5.74, 6) is -10.4. The summed E-state index contributed by atoms with van der Waals surface area (Å²) in [7, 11) is 0. The van der Waals surface area contributed by atoms with Gasteiger partial charge in [0, 0.05) is 30.3 Å². The van der Waals surface area contributed by atoms with Crippen molar-refractivity contribution in [3.05, 3.63) is 71.0 Å². The molecule has 0 unspecified atom stereocenters. The third kappa shape index (κ3) is 4.57. The van der Waals surface area contributed by atoms with E-state index >= 15 is 0 Å². The van der Waals surface area contributed by atoms with Gasteiger partial charge < -0.3 is 20.9 Å². The first-order valence-corrected chi connectivity index (χ1v) is 8.12. The molecule has 4 nitrogen and oxygen atoms in total. The van der Waals surface area contributed by atoms with Crippen molar-refractivity contribution in [2.75, 3.05) is 11.5 Å². The van der Waals surface area contributed by atoms with Crippen molar-refractivity contribution < 1.29 is 44.6 Å². The average Bonchev–Trinajstić information content (AvgIpc) is 2.65. The fourth-order valence-corrected chi connectivity index (χ4v) is 2.46. The maximum absolute atomic E-state index is 14.2. The third-order valence-corrected chi connectivity index (χ3v) is 3.85. The molecule has 4 N–H and O–H groups in total. The van der Waals surface area contributed by atoms with Gasteiger partial charge in [-0.15, -0.1) is 0 Å². The zero-order valence-electron chi connectivity index (χ0n) is 15.0. The lowest BCUT2D eigenvalue weighted by Crippen LogP contribution is -2.09. The molecule has 3 rings (SSSR count). The number of anilines is 2. The number of nitrogen functional groups attached to an aromatic ring is 2. The van der Waals surface area contributed by atoms with E-state index in [-0.39, 0.29) is 6.07 Å². The largest absolute Gasteiger partial charge is 0.456 e. The summed E-state index contributed by atoms with van der Waals surface area (Å²) in [6.45, 7) is 0. The van der Waals surface area contributed by atoms with Gasteiger partial charge >= 0.3 is 6.18 Å². The van der Waals surface area contributed by atoms with Crippen molar-refractivity contribution in [3.8, 4) is 23.0 Å². The van der Waals surface area contributed by atoms with E-state index in [1.54, 1.807) is 0 Å². The van der Waals surface area contributed by atoms with E-state index in [0.29, 0.717) is 24.3 Å². The van der Waals surface area contributed by atoms with E-state index in [0.717, 1.165) is 6.07 Å². The van der Waals surface area contributed by atoms with E-state index in [1.165, 1.54) is 0 Å². The molecule has 12 heteroatoms. The summed E-state index contributed by atoms with van der Waals surface area (Å²) in [5.41, 5.74) is 7.37. The van der Waals surface area contributed by atoms with Gasteiger partial charge in [-0.2, -0.15) is 13.2 Å². The lowest BCUT2D eigenvalue weighted by atomic mass is 10.1. The molecule has 0 amide bonds. The molecular weight excluding hydrogens is 440 g/mol. The lowest BCUT2D eigenvalue weighted by molar-refractivity contribution is -0.138. The lowest BCUT2D eigenvalue weighted by Gasteiger charge is -2.17. The zero-order chi connectivity index (χ0) is 23.1. The van der Waals surface area contributed by atoms with Gasteiger partial charge in [0.2, 0.25) is 0 Å². The SMILES string of the molecule is Nc1cc(Oc2cc(Oc3cc(N)c(F)c(F)c3)c(C(F)(F)F)cc2F)cc(F)c1F. The van der Waals surface area contributed by atoms with Crippen molar-refractivity contribution in [1.29, 1.82) is 0 Å². The van der Waals surface area contributed by atoms with Crippen LogP contribution >= 0.6 is 0 Å². The minimum atomic E-state index is -5.12. The normalized spacial score (nSPS) is 11.5. The minimum absolute atomic E-state index is 0.0111. The molecule has 0 aliphatic heterocycles. The number of halogens is 8. The Bertz CT molecular complexity index is 1120. The average molecular weight is 450 g/mol. The monoisotopic (exact) mass is 450 g/mol. The smallest absolute Gasteiger partial charge is 0.420 e. The van der Waals surface area contributed by atoms with Gasteiger partial charge in [0.15, 0.2) is 34.8 Å². The molecule has 164 valence electrons. The van der Waals surface area contributed by atoms with Gasteiger partial charge in [0.25, 0.3) is 0 Å². The molecule has 3 aromatic carbocycles. The predicted octanol–water partition coefficient (Wildman–Crippen LogP) is 6.15. The molecule has 0 atom stereocenters. The summed E-state index contributed by atoms with van der Waals surface area (Å²) in [6.07, 6.45) is -5.12. The molecule has 0 radical (unpaired) electrons. The molecule has 31 heavy (non-hydrogen) atoms. The van der Waals surface area contributed by atoms with E-state index in [9.17, 15) is 35.1 Å². The Morgan fingerprint density at radius 3 is 1.45 bits per heavy atom. The maximum Gasteiger partial charge on any atom is 0.420 e. The van der Waals surface area contributed by atoms with E-state index in [4.69, 9.17) is 20.9 Å².